The third kappa shape index (κ3) is 2.95. The highest BCUT2D eigenvalue weighted by Gasteiger charge is 2.39. The van der Waals surface area contributed by atoms with Crippen molar-refractivity contribution in [1.29, 1.82) is 0 Å². The quantitative estimate of drug-likeness (QED) is 0.577. The molecule has 6 nitrogen and oxygen atoms in total. The van der Waals surface area contributed by atoms with Crippen LogP contribution in [-0.2, 0) is 14.3 Å². The number of carbonyl (C=O) groups excluding carboxylic acids is 1. The molecule has 2 aliphatic heterocycles. The highest BCUT2D eigenvalue weighted by Crippen LogP contribution is 2.20. The Labute approximate surface area is 100 Å². The topological polar surface area (TPSA) is 93.8 Å². The molecule has 0 aromatic carbocycles. The highest BCUT2D eigenvalue weighted by molar-refractivity contribution is 5.86. The number of amides is 1. The number of hydrogen-bond donors (Lipinski definition) is 3. The van der Waals surface area contributed by atoms with Gasteiger partial charge < -0.3 is 25.6 Å². The standard InChI is InChI=1S/C11H20N2O4/c12-11(3-6-17-8-11)9(14)13-7-10(15)1-4-16-5-2-10/h15H,1-8,12H2,(H,13,14). The number of rotatable bonds is 3. The molecule has 0 bridgehead atoms. The Morgan fingerprint density at radius 3 is 2.47 bits per heavy atom. The van der Waals surface area contributed by atoms with Gasteiger partial charge in [-0.05, 0) is 6.42 Å². The minimum Gasteiger partial charge on any atom is -0.388 e. The molecule has 1 atom stereocenters. The Balaban J connectivity index is 1.83. The number of hydrogen-bond acceptors (Lipinski definition) is 5. The molecule has 2 fully saturated rings. The Hall–Kier alpha value is -0.690. The van der Waals surface area contributed by atoms with E-state index < -0.39 is 11.1 Å². The lowest BCUT2D eigenvalue weighted by Crippen LogP contribution is -2.57. The van der Waals surface area contributed by atoms with Crippen LogP contribution in [0.2, 0.25) is 0 Å². The molecule has 17 heavy (non-hydrogen) atoms. The SMILES string of the molecule is NC1(C(=O)NCC2(O)CCOCC2)CCOC1. The van der Waals surface area contributed by atoms with E-state index in [1.54, 1.807) is 0 Å². The maximum Gasteiger partial charge on any atom is 0.242 e. The normalized spacial score (nSPS) is 32.4. The van der Waals surface area contributed by atoms with E-state index in [9.17, 15) is 9.90 Å². The van der Waals surface area contributed by atoms with Crippen LogP contribution in [0.4, 0.5) is 0 Å². The maximum atomic E-state index is 11.9. The van der Waals surface area contributed by atoms with Crippen molar-refractivity contribution >= 4 is 5.91 Å². The van der Waals surface area contributed by atoms with Crippen molar-refractivity contribution in [2.24, 2.45) is 5.73 Å². The van der Waals surface area contributed by atoms with Crippen molar-refractivity contribution in [2.45, 2.75) is 30.4 Å². The summed E-state index contributed by atoms with van der Waals surface area (Å²) in [4.78, 5) is 11.9. The molecule has 4 N–H and O–H groups in total. The van der Waals surface area contributed by atoms with Gasteiger partial charge in [0.05, 0.1) is 12.2 Å². The van der Waals surface area contributed by atoms with E-state index >= 15 is 0 Å². The molecule has 0 aliphatic carbocycles. The predicted octanol–water partition coefficient (Wildman–Crippen LogP) is -1.24. The van der Waals surface area contributed by atoms with E-state index in [0.29, 0.717) is 39.1 Å². The van der Waals surface area contributed by atoms with Crippen molar-refractivity contribution in [1.82, 2.24) is 5.32 Å². The van der Waals surface area contributed by atoms with E-state index in [4.69, 9.17) is 15.2 Å². The minimum absolute atomic E-state index is 0.230. The lowest BCUT2D eigenvalue weighted by molar-refractivity contribution is -0.129. The minimum atomic E-state index is -0.929. The van der Waals surface area contributed by atoms with Crippen LogP contribution in [0.25, 0.3) is 0 Å². The molecule has 0 aromatic rings. The molecule has 0 aromatic heterocycles. The molecule has 0 radical (unpaired) electrons. The van der Waals surface area contributed by atoms with Gasteiger partial charge in [-0.15, -0.1) is 0 Å². The van der Waals surface area contributed by atoms with Gasteiger partial charge in [0.15, 0.2) is 0 Å². The van der Waals surface area contributed by atoms with Gasteiger partial charge in [-0.3, -0.25) is 4.79 Å². The van der Waals surface area contributed by atoms with Gasteiger partial charge in [0.25, 0.3) is 0 Å². The fraction of sp³-hybridized carbons (Fsp3) is 0.909. The van der Waals surface area contributed by atoms with Crippen molar-refractivity contribution in [3.05, 3.63) is 0 Å². The second-order valence-corrected chi connectivity index (χ2v) is 4.98. The fourth-order valence-electron chi connectivity index (χ4n) is 2.11. The van der Waals surface area contributed by atoms with Crippen LogP contribution >= 0.6 is 0 Å². The third-order valence-electron chi connectivity index (χ3n) is 3.51. The first-order valence-corrected chi connectivity index (χ1v) is 5.99. The summed E-state index contributed by atoms with van der Waals surface area (Å²) in [5, 5.41) is 12.9. The second kappa shape index (κ2) is 4.89. The van der Waals surface area contributed by atoms with Crippen LogP contribution in [0.1, 0.15) is 19.3 Å². The van der Waals surface area contributed by atoms with Gasteiger partial charge in [-0.25, -0.2) is 0 Å². The van der Waals surface area contributed by atoms with Crippen LogP contribution in [0, 0.1) is 0 Å². The number of aliphatic hydroxyl groups is 1. The lowest BCUT2D eigenvalue weighted by Gasteiger charge is -2.33. The average Bonchev–Trinajstić information content (AvgIpc) is 2.75. The Morgan fingerprint density at radius 2 is 1.88 bits per heavy atom. The maximum absolute atomic E-state index is 11.9. The summed E-state index contributed by atoms with van der Waals surface area (Å²) < 4.78 is 10.3. The summed E-state index contributed by atoms with van der Waals surface area (Å²) in [6.45, 7) is 2.06. The van der Waals surface area contributed by atoms with Crippen LogP contribution in [-0.4, -0.2) is 55.1 Å². The van der Waals surface area contributed by atoms with Crippen molar-refractivity contribution < 1.29 is 19.4 Å². The molecule has 2 aliphatic rings. The Kier molecular flexibility index (Phi) is 3.67. The molecule has 2 saturated heterocycles. The summed E-state index contributed by atoms with van der Waals surface area (Å²) in [5.74, 6) is -0.241. The van der Waals surface area contributed by atoms with Gasteiger partial charge in [0, 0.05) is 39.2 Å². The fourth-order valence-corrected chi connectivity index (χ4v) is 2.11. The molecular formula is C11H20N2O4. The van der Waals surface area contributed by atoms with E-state index in [1.807, 2.05) is 0 Å². The molecule has 0 spiro atoms. The number of carbonyl (C=O) groups is 1. The zero-order valence-corrected chi connectivity index (χ0v) is 9.91. The lowest BCUT2D eigenvalue weighted by atomic mass is 9.93. The smallest absolute Gasteiger partial charge is 0.242 e. The third-order valence-corrected chi connectivity index (χ3v) is 3.51. The van der Waals surface area contributed by atoms with E-state index in [1.165, 1.54) is 0 Å². The van der Waals surface area contributed by atoms with Crippen molar-refractivity contribution in [3.63, 3.8) is 0 Å². The van der Waals surface area contributed by atoms with E-state index in [2.05, 4.69) is 5.32 Å². The Bertz CT molecular complexity index is 283. The number of ether oxygens (including phenoxy) is 2. The molecular weight excluding hydrogens is 224 g/mol. The van der Waals surface area contributed by atoms with Gasteiger partial charge in [-0.1, -0.05) is 0 Å². The van der Waals surface area contributed by atoms with Crippen molar-refractivity contribution in [2.75, 3.05) is 33.0 Å². The first kappa shape index (κ1) is 12.8. The molecule has 2 rings (SSSR count). The van der Waals surface area contributed by atoms with Crippen LogP contribution in [0.5, 0.6) is 0 Å². The first-order chi connectivity index (χ1) is 8.04. The molecule has 1 unspecified atom stereocenters. The first-order valence-electron chi connectivity index (χ1n) is 5.99. The van der Waals surface area contributed by atoms with E-state index in [0.717, 1.165) is 0 Å². The molecule has 0 saturated carbocycles. The summed E-state index contributed by atoms with van der Waals surface area (Å²) in [5.41, 5.74) is 4.13. The monoisotopic (exact) mass is 244 g/mol. The number of nitrogens with two attached hydrogens (primary N) is 1. The Morgan fingerprint density at radius 1 is 1.24 bits per heavy atom. The summed E-state index contributed by atoms with van der Waals surface area (Å²) >= 11 is 0. The van der Waals surface area contributed by atoms with Gasteiger partial charge in [0.2, 0.25) is 5.91 Å². The highest BCUT2D eigenvalue weighted by atomic mass is 16.5. The second-order valence-electron chi connectivity index (χ2n) is 4.98. The van der Waals surface area contributed by atoms with Crippen molar-refractivity contribution in [3.8, 4) is 0 Å². The van der Waals surface area contributed by atoms with E-state index in [-0.39, 0.29) is 19.1 Å². The molecule has 6 heteroatoms. The van der Waals surface area contributed by atoms with Crippen LogP contribution < -0.4 is 11.1 Å². The largest absolute Gasteiger partial charge is 0.388 e. The number of nitrogens with one attached hydrogen (secondary N) is 1. The zero-order valence-electron chi connectivity index (χ0n) is 9.91. The zero-order chi connectivity index (χ0) is 12.4. The molecule has 98 valence electrons. The van der Waals surface area contributed by atoms with Crippen LogP contribution in [0.3, 0.4) is 0 Å². The summed E-state index contributed by atoms with van der Waals surface area (Å²) in [7, 11) is 0. The summed E-state index contributed by atoms with van der Waals surface area (Å²) in [6, 6.07) is 0. The molecule has 1 amide bonds. The average molecular weight is 244 g/mol. The van der Waals surface area contributed by atoms with Gasteiger partial charge in [0.1, 0.15) is 5.54 Å². The van der Waals surface area contributed by atoms with Crippen LogP contribution in [0.15, 0.2) is 0 Å². The summed E-state index contributed by atoms with van der Waals surface area (Å²) in [6.07, 6.45) is 1.61. The molecule has 2 heterocycles. The predicted molar refractivity (Wildman–Crippen MR) is 60.4 cm³/mol. The van der Waals surface area contributed by atoms with Gasteiger partial charge in [-0.2, -0.15) is 0 Å². The van der Waals surface area contributed by atoms with Gasteiger partial charge >= 0.3 is 0 Å².